The normalized spacial score (nSPS) is 19.0. The van der Waals surface area contributed by atoms with Crippen molar-refractivity contribution in [2.45, 2.75) is 45.1 Å². The highest BCUT2D eigenvalue weighted by molar-refractivity contribution is 5.80. The summed E-state index contributed by atoms with van der Waals surface area (Å²) in [6.45, 7) is 4.43. The number of rotatable bonds is 6. The Balaban J connectivity index is 1.82. The SMILES string of the molecule is CN=C(NCc1cccc(OC(C)C)c1)NC1CCN(CC(F)(F)F)C1. The van der Waals surface area contributed by atoms with Crippen molar-refractivity contribution in [2.24, 2.45) is 4.99 Å². The Hall–Kier alpha value is -1.96. The minimum absolute atomic E-state index is 0.0424. The summed E-state index contributed by atoms with van der Waals surface area (Å²) in [5.41, 5.74) is 1.04. The van der Waals surface area contributed by atoms with E-state index >= 15 is 0 Å². The molecule has 26 heavy (non-hydrogen) atoms. The Morgan fingerprint density at radius 1 is 1.38 bits per heavy atom. The molecule has 1 aliphatic heterocycles. The Kier molecular flexibility index (Phi) is 7.14. The van der Waals surface area contributed by atoms with Crippen LogP contribution in [0.1, 0.15) is 25.8 Å². The van der Waals surface area contributed by atoms with E-state index in [0.717, 1.165) is 11.3 Å². The van der Waals surface area contributed by atoms with E-state index in [2.05, 4.69) is 15.6 Å². The third kappa shape index (κ3) is 7.11. The van der Waals surface area contributed by atoms with E-state index in [1.807, 2.05) is 38.1 Å². The van der Waals surface area contributed by atoms with Crippen LogP contribution in [0.5, 0.6) is 5.75 Å². The lowest BCUT2D eigenvalue weighted by Gasteiger charge is -2.20. The van der Waals surface area contributed by atoms with Gasteiger partial charge in [0.25, 0.3) is 0 Å². The number of benzene rings is 1. The van der Waals surface area contributed by atoms with Gasteiger partial charge in [0.05, 0.1) is 12.6 Å². The highest BCUT2D eigenvalue weighted by Crippen LogP contribution is 2.20. The summed E-state index contributed by atoms with van der Waals surface area (Å²) in [6.07, 6.45) is -3.39. The lowest BCUT2D eigenvalue weighted by molar-refractivity contribution is -0.143. The third-order valence-electron chi connectivity index (χ3n) is 3.97. The number of hydrogen-bond acceptors (Lipinski definition) is 3. The molecule has 1 fully saturated rings. The second-order valence-electron chi connectivity index (χ2n) is 6.72. The van der Waals surface area contributed by atoms with Crippen LogP contribution in [-0.2, 0) is 6.54 Å². The maximum absolute atomic E-state index is 12.5. The predicted molar refractivity (Wildman–Crippen MR) is 96.4 cm³/mol. The molecule has 1 saturated heterocycles. The molecule has 0 amide bonds. The molecular weight excluding hydrogens is 345 g/mol. The van der Waals surface area contributed by atoms with Gasteiger partial charge in [-0.3, -0.25) is 9.89 Å². The van der Waals surface area contributed by atoms with Crippen molar-refractivity contribution >= 4 is 5.96 Å². The van der Waals surface area contributed by atoms with Gasteiger partial charge in [-0.25, -0.2) is 0 Å². The lowest BCUT2D eigenvalue weighted by Crippen LogP contribution is -2.44. The highest BCUT2D eigenvalue weighted by atomic mass is 19.4. The Bertz CT molecular complexity index is 604. The van der Waals surface area contributed by atoms with Gasteiger partial charge in [-0.1, -0.05) is 12.1 Å². The maximum atomic E-state index is 12.5. The molecule has 1 heterocycles. The van der Waals surface area contributed by atoms with Gasteiger partial charge >= 0.3 is 6.18 Å². The summed E-state index contributed by atoms with van der Waals surface area (Å²) < 4.78 is 43.1. The smallest absolute Gasteiger partial charge is 0.401 e. The minimum Gasteiger partial charge on any atom is -0.491 e. The summed E-state index contributed by atoms with van der Waals surface area (Å²) in [5.74, 6) is 1.39. The van der Waals surface area contributed by atoms with Gasteiger partial charge in [-0.05, 0) is 38.0 Å². The third-order valence-corrected chi connectivity index (χ3v) is 3.97. The van der Waals surface area contributed by atoms with E-state index < -0.39 is 12.7 Å². The molecule has 146 valence electrons. The Morgan fingerprint density at radius 2 is 2.15 bits per heavy atom. The summed E-state index contributed by atoms with van der Waals surface area (Å²) in [7, 11) is 1.65. The first-order valence-electron chi connectivity index (χ1n) is 8.77. The average Bonchev–Trinajstić information content (AvgIpc) is 2.96. The fourth-order valence-corrected chi connectivity index (χ4v) is 2.92. The van der Waals surface area contributed by atoms with Gasteiger partial charge in [-0.15, -0.1) is 0 Å². The zero-order valence-corrected chi connectivity index (χ0v) is 15.4. The number of nitrogens with one attached hydrogen (secondary N) is 2. The number of alkyl halides is 3. The van der Waals surface area contributed by atoms with Gasteiger partial charge < -0.3 is 15.4 Å². The topological polar surface area (TPSA) is 48.9 Å². The van der Waals surface area contributed by atoms with Crippen LogP contribution in [0, 0.1) is 0 Å². The first-order chi connectivity index (χ1) is 12.2. The molecule has 2 rings (SSSR count). The van der Waals surface area contributed by atoms with Gasteiger partial charge in [0.15, 0.2) is 5.96 Å². The monoisotopic (exact) mass is 372 g/mol. The van der Waals surface area contributed by atoms with Crippen molar-refractivity contribution < 1.29 is 17.9 Å². The van der Waals surface area contributed by atoms with Crippen LogP contribution in [-0.4, -0.2) is 55.9 Å². The second-order valence-corrected chi connectivity index (χ2v) is 6.72. The van der Waals surface area contributed by atoms with Crippen LogP contribution in [0.15, 0.2) is 29.3 Å². The molecule has 0 radical (unpaired) electrons. The second kappa shape index (κ2) is 9.12. The highest BCUT2D eigenvalue weighted by Gasteiger charge is 2.34. The van der Waals surface area contributed by atoms with Crippen LogP contribution in [0.4, 0.5) is 13.2 Å². The maximum Gasteiger partial charge on any atom is 0.401 e. The number of hydrogen-bond donors (Lipinski definition) is 2. The van der Waals surface area contributed by atoms with Crippen molar-refractivity contribution in [1.82, 2.24) is 15.5 Å². The molecule has 0 saturated carbocycles. The molecule has 8 heteroatoms. The molecule has 1 aromatic rings. The quantitative estimate of drug-likeness (QED) is 0.596. The van der Waals surface area contributed by atoms with E-state index in [1.165, 1.54) is 4.90 Å². The fourth-order valence-electron chi connectivity index (χ4n) is 2.92. The largest absolute Gasteiger partial charge is 0.491 e. The van der Waals surface area contributed by atoms with E-state index in [-0.39, 0.29) is 12.1 Å². The summed E-state index contributed by atoms with van der Waals surface area (Å²) >= 11 is 0. The zero-order valence-electron chi connectivity index (χ0n) is 15.4. The minimum atomic E-state index is -4.15. The van der Waals surface area contributed by atoms with Crippen LogP contribution in [0.2, 0.25) is 0 Å². The lowest BCUT2D eigenvalue weighted by atomic mass is 10.2. The van der Waals surface area contributed by atoms with Gasteiger partial charge in [-0.2, -0.15) is 13.2 Å². The number of ether oxygens (including phenoxy) is 1. The molecule has 1 atom stereocenters. The van der Waals surface area contributed by atoms with Crippen LogP contribution >= 0.6 is 0 Å². The molecule has 5 nitrogen and oxygen atoms in total. The Morgan fingerprint density at radius 3 is 2.81 bits per heavy atom. The summed E-state index contributed by atoms with van der Waals surface area (Å²) in [4.78, 5) is 5.57. The zero-order chi connectivity index (χ0) is 19.2. The van der Waals surface area contributed by atoms with Crippen LogP contribution in [0.25, 0.3) is 0 Å². The van der Waals surface area contributed by atoms with Crippen molar-refractivity contribution in [1.29, 1.82) is 0 Å². The van der Waals surface area contributed by atoms with E-state index in [0.29, 0.717) is 32.0 Å². The van der Waals surface area contributed by atoms with Crippen molar-refractivity contribution in [3.05, 3.63) is 29.8 Å². The van der Waals surface area contributed by atoms with Crippen molar-refractivity contribution in [3.63, 3.8) is 0 Å². The number of likely N-dealkylation sites (tertiary alicyclic amines) is 1. The van der Waals surface area contributed by atoms with E-state index in [4.69, 9.17) is 4.74 Å². The molecule has 0 spiro atoms. The number of halogens is 3. The first-order valence-corrected chi connectivity index (χ1v) is 8.77. The first kappa shape index (κ1) is 20.4. The molecule has 2 N–H and O–H groups in total. The van der Waals surface area contributed by atoms with Crippen LogP contribution in [0.3, 0.4) is 0 Å². The number of guanidine groups is 1. The average molecular weight is 372 g/mol. The standard InChI is InChI=1S/C18H27F3N4O/c1-13(2)26-16-6-4-5-14(9-16)10-23-17(22-3)24-15-7-8-25(11-15)12-18(19,20)21/h4-6,9,13,15H,7-8,10-12H2,1-3H3,(H2,22,23,24). The van der Waals surface area contributed by atoms with E-state index in [1.54, 1.807) is 7.05 Å². The molecule has 1 unspecified atom stereocenters. The summed E-state index contributed by atoms with van der Waals surface area (Å²) in [6, 6.07) is 7.73. The molecule has 1 aliphatic rings. The molecule has 1 aromatic carbocycles. The van der Waals surface area contributed by atoms with Gasteiger partial charge in [0.2, 0.25) is 0 Å². The molecule has 0 aromatic heterocycles. The van der Waals surface area contributed by atoms with Gasteiger partial charge in [0, 0.05) is 32.7 Å². The summed E-state index contributed by atoms with van der Waals surface area (Å²) in [5, 5.41) is 6.40. The van der Waals surface area contributed by atoms with Gasteiger partial charge in [0.1, 0.15) is 5.75 Å². The predicted octanol–water partition coefficient (Wildman–Crippen LogP) is 2.78. The van der Waals surface area contributed by atoms with Crippen LogP contribution < -0.4 is 15.4 Å². The van der Waals surface area contributed by atoms with Crippen molar-refractivity contribution in [3.8, 4) is 5.75 Å². The molecule has 0 bridgehead atoms. The van der Waals surface area contributed by atoms with E-state index in [9.17, 15) is 13.2 Å². The van der Waals surface area contributed by atoms with Crippen molar-refractivity contribution in [2.75, 3.05) is 26.7 Å². The number of aliphatic imine (C=N–C) groups is 1. The fraction of sp³-hybridized carbons (Fsp3) is 0.611. The molecule has 0 aliphatic carbocycles. The molecular formula is C18H27F3N4O. The number of nitrogens with zero attached hydrogens (tertiary/aromatic N) is 2. The Labute approximate surface area is 152 Å².